The van der Waals surface area contributed by atoms with Crippen LogP contribution in [0.1, 0.15) is 36.8 Å². The first-order valence-corrected chi connectivity index (χ1v) is 6.70. The minimum absolute atomic E-state index is 0.357. The predicted octanol–water partition coefficient (Wildman–Crippen LogP) is 2.79. The lowest BCUT2D eigenvalue weighted by molar-refractivity contribution is 0.0456. The van der Waals surface area contributed by atoms with Gasteiger partial charge in [0.1, 0.15) is 10.7 Å². The van der Waals surface area contributed by atoms with Gasteiger partial charge in [0.05, 0.1) is 25.4 Å². The van der Waals surface area contributed by atoms with E-state index in [1.165, 1.54) is 25.7 Å². The highest BCUT2D eigenvalue weighted by Gasteiger charge is 2.15. The van der Waals surface area contributed by atoms with E-state index in [0.29, 0.717) is 17.7 Å². The summed E-state index contributed by atoms with van der Waals surface area (Å²) in [6.07, 6.45) is 5.36. The maximum absolute atomic E-state index is 5.87. The van der Waals surface area contributed by atoms with Crippen molar-refractivity contribution in [2.45, 2.75) is 38.4 Å². The second-order valence-corrected chi connectivity index (χ2v) is 5.06. The third kappa shape index (κ3) is 3.21. The predicted molar refractivity (Wildman–Crippen MR) is 75.9 cm³/mol. The fraction of sp³-hybridized carbons (Fsp3) is 0.500. The average molecular weight is 265 g/mol. The number of rotatable bonds is 5. The van der Waals surface area contributed by atoms with Crippen LogP contribution < -0.4 is 10.5 Å². The van der Waals surface area contributed by atoms with Crippen molar-refractivity contribution < 1.29 is 9.47 Å². The second-order valence-electron chi connectivity index (χ2n) is 4.62. The molecule has 1 aromatic carbocycles. The van der Waals surface area contributed by atoms with Crippen LogP contribution in [-0.2, 0) is 11.3 Å². The van der Waals surface area contributed by atoms with Gasteiger partial charge in [0.15, 0.2) is 0 Å². The van der Waals surface area contributed by atoms with Gasteiger partial charge in [-0.1, -0.05) is 31.1 Å². The van der Waals surface area contributed by atoms with Gasteiger partial charge in [-0.15, -0.1) is 0 Å². The highest BCUT2D eigenvalue weighted by molar-refractivity contribution is 7.80. The summed E-state index contributed by atoms with van der Waals surface area (Å²) in [7, 11) is 1.62. The van der Waals surface area contributed by atoms with E-state index < -0.39 is 0 Å². The van der Waals surface area contributed by atoms with Crippen LogP contribution in [0.3, 0.4) is 0 Å². The van der Waals surface area contributed by atoms with E-state index in [2.05, 4.69) is 0 Å². The molecule has 0 aromatic heterocycles. The van der Waals surface area contributed by atoms with E-state index in [-0.39, 0.29) is 0 Å². The lowest BCUT2D eigenvalue weighted by Gasteiger charge is -2.13. The van der Waals surface area contributed by atoms with Crippen LogP contribution in [0.4, 0.5) is 0 Å². The summed E-state index contributed by atoms with van der Waals surface area (Å²) < 4.78 is 11.2. The maximum atomic E-state index is 5.87. The van der Waals surface area contributed by atoms with Gasteiger partial charge in [-0.2, -0.15) is 0 Å². The SMILES string of the molecule is COc1cc(COC2CCCC2)ccc1C(N)=S. The lowest BCUT2D eigenvalue weighted by Crippen LogP contribution is -2.12. The first-order valence-electron chi connectivity index (χ1n) is 6.29. The molecule has 0 amide bonds. The quantitative estimate of drug-likeness (QED) is 0.831. The average Bonchev–Trinajstić information content (AvgIpc) is 2.88. The Morgan fingerprint density at radius 1 is 1.39 bits per heavy atom. The number of hydrogen-bond donors (Lipinski definition) is 1. The number of methoxy groups -OCH3 is 1. The van der Waals surface area contributed by atoms with Crippen molar-refractivity contribution in [1.29, 1.82) is 0 Å². The molecule has 3 nitrogen and oxygen atoms in total. The smallest absolute Gasteiger partial charge is 0.129 e. The third-order valence-electron chi connectivity index (χ3n) is 3.32. The zero-order valence-corrected chi connectivity index (χ0v) is 11.5. The zero-order chi connectivity index (χ0) is 13.0. The minimum Gasteiger partial charge on any atom is -0.496 e. The molecule has 0 radical (unpaired) electrons. The summed E-state index contributed by atoms with van der Waals surface area (Å²) in [4.78, 5) is 0.357. The van der Waals surface area contributed by atoms with Crippen molar-refractivity contribution in [2.24, 2.45) is 5.73 Å². The standard InChI is InChI=1S/C14H19NO2S/c1-16-13-8-10(6-7-12(13)14(15)18)9-17-11-4-2-3-5-11/h6-8,11H,2-5,9H2,1H3,(H2,15,18). The first-order chi connectivity index (χ1) is 8.70. The molecule has 0 aliphatic heterocycles. The van der Waals surface area contributed by atoms with Crippen molar-refractivity contribution in [3.05, 3.63) is 29.3 Å². The van der Waals surface area contributed by atoms with Gasteiger partial charge >= 0.3 is 0 Å². The lowest BCUT2D eigenvalue weighted by atomic mass is 10.1. The van der Waals surface area contributed by atoms with Gasteiger partial charge in [0.25, 0.3) is 0 Å². The van der Waals surface area contributed by atoms with Gasteiger partial charge < -0.3 is 15.2 Å². The Morgan fingerprint density at radius 3 is 2.72 bits per heavy atom. The topological polar surface area (TPSA) is 44.5 Å². The second kappa shape index (κ2) is 6.16. The van der Waals surface area contributed by atoms with Gasteiger partial charge in [-0.25, -0.2) is 0 Å². The molecule has 4 heteroatoms. The van der Waals surface area contributed by atoms with Gasteiger partial charge in [0, 0.05) is 0 Å². The Hall–Kier alpha value is -1.13. The van der Waals surface area contributed by atoms with Crippen molar-refractivity contribution in [3.8, 4) is 5.75 Å². The Bertz CT molecular complexity index is 428. The van der Waals surface area contributed by atoms with E-state index in [4.69, 9.17) is 27.4 Å². The molecule has 1 aromatic rings. The zero-order valence-electron chi connectivity index (χ0n) is 10.6. The normalized spacial score (nSPS) is 15.8. The Balaban J connectivity index is 2.02. The number of benzene rings is 1. The van der Waals surface area contributed by atoms with Crippen LogP contribution >= 0.6 is 12.2 Å². The largest absolute Gasteiger partial charge is 0.496 e. The molecule has 0 unspecified atom stereocenters. The van der Waals surface area contributed by atoms with Crippen LogP contribution in [-0.4, -0.2) is 18.2 Å². The van der Waals surface area contributed by atoms with Crippen LogP contribution in [0.25, 0.3) is 0 Å². The third-order valence-corrected chi connectivity index (χ3v) is 3.54. The number of nitrogens with two attached hydrogens (primary N) is 1. The van der Waals surface area contributed by atoms with E-state index in [1.54, 1.807) is 7.11 Å². The Kier molecular flexibility index (Phi) is 4.55. The number of thiocarbonyl (C=S) groups is 1. The molecule has 0 saturated heterocycles. The minimum atomic E-state index is 0.357. The van der Waals surface area contributed by atoms with Crippen molar-refractivity contribution >= 4 is 17.2 Å². The van der Waals surface area contributed by atoms with Crippen LogP contribution in [0.5, 0.6) is 5.75 Å². The molecule has 2 N–H and O–H groups in total. The van der Waals surface area contributed by atoms with Crippen molar-refractivity contribution in [1.82, 2.24) is 0 Å². The van der Waals surface area contributed by atoms with Crippen LogP contribution in [0.2, 0.25) is 0 Å². The van der Waals surface area contributed by atoms with Crippen molar-refractivity contribution in [3.63, 3.8) is 0 Å². The highest BCUT2D eigenvalue weighted by Crippen LogP contribution is 2.24. The van der Waals surface area contributed by atoms with Gasteiger partial charge in [0.2, 0.25) is 0 Å². The summed E-state index contributed by atoms with van der Waals surface area (Å²) in [6, 6.07) is 5.84. The molecule has 1 fully saturated rings. The summed E-state index contributed by atoms with van der Waals surface area (Å²) in [6.45, 7) is 0.624. The monoisotopic (exact) mass is 265 g/mol. The molecule has 0 atom stereocenters. The van der Waals surface area contributed by atoms with E-state index >= 15 is 0 Å². The van der Waals surface area contributed by atoms with Gasteiger partial charge in [-0.3, -0.25) is 0 Å². The highest BCUT2D eigenvalue weighted by atomic mass is 32.1. The fourth-order valence-corrected chi connectivity index (χ4v) is 2.47. The Morgan fingerprint density at radius 2 is 2.11 bits per heavy atom. The molecule has 1 saturated carbocycles. The van der Waals surface area contributed by atoms with Gasteiger partial charge in [-0.05, 0) is 30.5 Å². The number of hydrogen-bond acceptors (Lipinski definition) is 3. The Labute approximate surface area is 113 Å². The van der Waals surface area contributed by atoms with Crippen molar-refractivity contribution in [2.75, 3.05) is 7.11 Å². The van der Waals surface area contributed by atoms with Crippen LogP contribution in [0, 0.1) is 0 Å². The van der Waals surface area contributed by atoms with E-state index in [9.17, 15) is 0 Å². The molecular formula is C14H19NO2S. The molecular weight excluding hydrogens is 246 g/mol. The van der Waals surface area contributed by atoms with Crippen LogP contribution in [0.15, 0.2) is 18.2 Å². The molecule has 1 aliphatic carbocycles. The molecule has 0 spiro atoms. The molecule has 0 bridgehead atoms. The summed E-state index contributed by atoms with van der Waals surface area (Å²) in [5.74, 6) is 0.718. The summed E-state index contributed by atoms with van der Waals surface area (Å²) in [5, 5.41) is 0. The molecule has 1 aliphatic rings. The number of ether oxygens (including phenoxy) is 2. The molecule has 98 valence electrons. The summed E-state index contributed by atoms with van der Waals surface area (Å²) in [5.41, 5.74) is 7.51. The maximum Gasteiger partial charge on any atom is 0.129 e. The molecule has 18 heavy (non-hydrogen) atoms. The molecule has 2 rings (SSSR count). The first kappa shape index (κ1) is 13.3. The van der Waals surface area contributed by atoms with E-state index in [1.807, 2.05) is 18.2 Å². The molecule has 0 heterocycles. The summed E-state index contributed by atoms with van der Waals surface area (Å²) >= 11 is 4.98. The van der Waals surface area contributed by atoms with E-state index in [0.717, 1.165) is 16.9 Å². The fourth-order valence-electron chi connectivity index (χ4n) is 2.30.